The van der Waals surface area contributed by atoms with Gasteiger partial charge in [-0.1, -0.05) is 13.8 Å². The van der Waals surface area contributed by atoms with Crippen molar-refractivity contribution in [2.24, 2.45) is 11.1 Å². The molecule has 0 bridgehead atoms. The molecule has 0 heterocycles. The predicted molar refractivity (Wildman–Crippen MR) is 67.1 cm³/mol. The molecule has 0 aliphatic rings. The third kappa shape index (κ3) is 3.97. The SMILES string of the molecule is CN(CC(C)(C)CCN)c1cc(F)ccc1F. The Kier molecular flexibility index (Phi) is 4.46. The van der Waals surface area contributed by atoms with E-state index in [2.05, 4.69) is 13.8 Å². The summed E-state index contributed by atoms with van der Waals surface area (Å²) >= 11 is 0. The van der Waals surface area contributed by atoms with Crippen molar-refractivity contribution in [1.82, 2.24) is 0 Å². The maximum absolute atomic E-state index is 13.5. The van der Waals surface area contributed by atoms with Gasteiger partial charge in [0.05, 0.1) is 5.69 Å². The first-order valence-corrected chi connectivity index (χ1v) is 5.72. The summed E-state index contributed by atoms with van der Waals surface area (Å²) in [6, 6.07) is 3.49. The van der Waals surface area contributed by atoms with E-state index in [1.54, 1.807) is 11.9 Å². The number of anilines is 1. The monoisotopic (exact) mass is 242 g/mol. The first kappa shape index (κ1) is 13.9. The van der Waals surface area contributed by atoms with Crippen LogP contribution in [0.4, 0.5) is 14.5 Å². The number of hydrogen-bond donors (Lipinski definition) is 1. The topological polar surface area (TPSA) is 29.3 Å². The number of halogens is 2. The fraction of sp³-hybridized carbons (Fsp3) is 0.538. The van der Waals surface area contributed by atoms with E-state index in [-0.39, 0.29) is 11.1 Å². The Bertz CT molecular complexity index is 378. The largest absolute Gasteiger partial charge is 0.372 e. The molecule has 0 aliphatic carbocycles. The minimum Gasteiger partial charge on any atom is -0.372 e. The second kappa shape index (κ2) is 5.45. The van der Waals surface area contributed by atoms with Crippen LogP contribution in [-0.4, -0.2) is 20.1 Å². The molecule has 1 aromatic carbocycles. The summed E-state index contributed by atoms with van der Waals surface area (Å²) in [5.41, 5.74) is 5.79. The van der Waals surface area contributed by atoms with Crippen LogP contribution in [0, 0.1) is 17.0 Å². The van der Waals surface area contributed by atoms with Crippen LogP contribution in [0.15, 0.2) is 18.2 Å². The predicted octanol–water partition coefficient (Wildman–Crippen LogP) is 2.78. The summed E-state index contributed by atoms with van der Waals surface area (Å²) in [5, 5.41) is 0. The molecular weight excluding hydrogens is 222 g/mol. The first-order valence-electron chi connectivity index (χ1n) is 5.72. The second-order valence-electron chi connectivity index (χ2n) is 5.15. The van der Waals surface area contributed by atoms with E-state index < -0.39 is 11.6 Å². The van der Waals surface area contributed by atoms with Crippen LogP contribution in [0.2, 0.25) is 0 Å². The summed E-state index contributed by atoms with van der Waals surface area (Å²) in [5.74, 6) is -0.831. The number of benzene rings is 1. The van der Waals surface area contributed by atoms with Gasteiger partial charge < -0.3 is 10.6 Å². The Hall–Kier alpha value is -1.16. The summed E-state index contributed by atoms with van der Waals surface area (Å²) in [4.78, 5) is 1.73. The van der Waals surface area contributed by atoms with Crippen molar-refractivity contribution in [1.29, 1.82) is 0 Å². The van der Waals surface area contributed by atoms with E-state index in [0.29, 0.717) is 13.1 Å². The highest BCUT2D eigenvalue weighted by atomic mass is 19.1. The summed E-state index contributed by atoms with van der Waals surface area (Å²) in [7, 11) is 1.76. The molecule has 2 N–H and O–H groups in total. The summed E-state index contributed by atoms with van der Waals surface area (Å²) < 4.78 is 26.6. The van der Waals surface area contributed by atoms with Crippen LogP contribution >= 0.6 is 0 Å². The Labute approximate surface area is 101 Å². The van der Waals surface area contributed by atoms with Crippen molar-refractivity contribution in [2.75, 3.05) is 25.0 Å². The standard InChI is InChI=1S/C13H20F2N2/c1-13(2,6-7-16)9-17(3)12-8-10(14)4-5-11(12)15/h4-5,8H,6-7,9,16H2,1-3H3. The zero-order valence-corrected chi connectivity index (χ0v) is 10.6. The maximum Gasteiger partial charge on any atom is 0.146 e. The first-order chi connectivity index (χ1) is 7.85. The Morgan fingerprint density at radius 3 is 2.53 bits per heavy atom. The van der Waals surface area contributed by atoms with Crippen LogP contribution in [0.25, 0.3) is 0 Å². The maximum atomic E-state index is 13.5. The van der Waals surface area contributed by atoms with E-state index in [1.165, 1.54) is 6.07 Å². The molecule has 4 heteroatoms. The average Bonchev–Trinajstić information content (AvgIpc) is 2.20. The molecule has 0 amide bonds. The Morgan fingerprint density at radius 1 is 1.29 bits per heavy atom. The van der Waals surface area contributed by atoms with E-state index in [0.717, 1.165) is 18.6 Å². The zero-order valence-electron chi connectivity index (χ0n) is 10.6. The Balaban J connectivity index is 2.82. The van der Waals surface area contributed by atoms with Gasteiger partial charge in [0.25, 0.3) is 0 Å². The van der Waals surface area contributed by atoms with Gasteiger partial charge in [0.2, 0.25) is 0 Å². The van der Waals surface area contributed by atoms with Crippen LogP contribution in [0.3, 0.4) is 0 Å². The Morgan fingerprint density at radius 2 is 1.94 bits per heavy atom. The highest BCUT2D eigenvalue weighted by molar-refractivity contribution is 5.47. The minimum absolute atomic E-state index is 0.0255. The van der Waals surface area contributed by atoms with E-state index >= 15 is 0 Å². The van der Waals surface area contributed by atoms with Gasteiger partial charge in [0.15, 0.2) is 0 Å². The molecule has 1 rings (SSSR count). The van der Waals surface area contributed by atoms with Gasteiger partial charge in [-0.2, -0.15) is 0 Å². The molecule has 0 spiro atoms. The molecule has 96 valence electrons. The molecule has 0 aromatic heterocycles. The van der Waals surface area contributed by atoms with Crippen molar-refractivity contribution in [3.63, 3.8) is 0 Å². The highest BCUT2D eigenvalue weighted by Gasteiger charge is 2.21. The number of hydrogen-bond acceptors (Lipinski definition) is 2. The number of rotatable bonds is 5. The third-order valence-electron chi connectivity index (χ3n) is 2.81. The third-order valence-corrected chi connectivity index (χ3v) is 2.81. The van der Waals surface area contributed by atoms with Crippen LogP contribution < -0.4 is 10.6 Å². The highest BCUT2D eigenvalue weighted by Crippen LogP contribution is 2.26. The van der Waals surface area contributed by atoms with Gasteiger partial charge in [-0.3, -0.25) is 0 Å². The van der Waals surface area contributed by atoms with Gasteiger partial charge >= 0.3 is 0 Å². The lowest BCUT2D eigenvalue weighted by atomic mass is 9.88. The summed E-state index contributed by atoms with van der Waals surface area (Å²) in [6.07, 6.45) is 0.842. The molecule has 1 aromatic rings. The van der Waals surface area contributed by atoms with Crippen molar-refractivity contribution in [3.8, 4) is 0 Å². The molecule has 0 atom stereocenters. The van der Waals surface area contributed by atoms with Crippen molar-refractivity contribution in [3.05, 3.63) is 29.8 Å². The second-order valence-corrected chi connectivity index (χ2v) is 5.15. The zero-order chi connectivity index (χ0) is 13.1. The average molecular weight is 242 g/mol. The molecule has 2 nitrogen and oxygen atoms in total. The summed E-state index contributed by atoms with van der Waals surface area (Å²) in [6.45, 7) is 5.35. The van der Waals surface area contributed by atoms with E-state index in [1.807, 2.05) is 0 Å². The van der Waals surface area contributed by atoms with Crippen LogP contribution in [0.5, 0.6) is 0 Å². The lowest BCUT2D eigenvalue weighted by molar-refractivity contribution is 0.346. The van der Waals surface area contributed by atoms with Crippen molar-refractivity contribution < 1.29 is 8.78 Å². The van der Waals surface area contributed by atoms with Crippen LogP contribution in [0.1, 0.15) is 20.3 Å². The van der Waals surface area contributed by atoms with Gasteiger partial charge in [-0.25, -0.2) is 8.78 Å². The molecule has 0 aliphatic heterocycles. The molecule has 0 radical (unpaired) electrons. The number of nitrogens with two attached hydrogens (primary N) is 1. The molecule has 0 unspecified atom stereocenters. The lowest BCUT2D eigenvalue weighted by Gasteiger charge is -2.31. The van der Waals surface area contributed by atoms with Crippen molar-refractivity contribution >= 4 is 5.69 Å². The van der Waals surface area contributed by atoms with E-state index in [9.17, 15) is 8.78 Å². The smallest absolute Gasteiger partial charge is 0.146 e. The van der Waals surface area contributed by atoms with Crippen LogP contribution in [-0.2, 0) is 0 Å². The van der Waals surface area contributed by atoms with Gasteiger partial charge in [-0.15, -0.1) is 0 Å². The molecule has 17 heavy (non-hydrogen) atoms. The molecular formula is C13H20F2N2. The fourth-order valence-corrected chi connectivity index (χ4v) is 1.98. The van der Waals surface area contributed by atoms with Gasteiger partial charge in [-0.05, 0) is 30.5 Å². The normalized spacial score (nSPS) is 11.6. The van der Waals surface area contributed by atoms with Gasteiger partial charge in [0.1, 0.15) is 11.6 Å². The molecule has 0 fully saturated rings. The van der Waals surface area contributed by atoms with Gasteiger partial charge in [0, 0.05) is 19.7 Å². The minimum atomic E-state index is -0.426. The fourth-order valence-electron chi connectivity index (χ4n) is 1.98. The lowest BCUT2D eigenvalue weighted by Crippen LogP contribution is -2.33. The molecule has 0 saturated carbocycles. The molecule has 0 saturated heterocycles. The quantitative estimate of drug-likeness (QED) is 0.860. The van der Waals surface area contributed by atoms with E-state index in [4.69, 9.17) is 5.73 Å². The number of nitrogens with zero attached hydrogens (tertiary/aromatic N) is 1. The van der Waals surface area contributed by atoms with Crippen molar-refractivity contribution in [2.45, 2.75) is 20.3 Å².